The van der Waals surface area contributed by atoms with E-state index in [1.54, 1.807) is 0 Å². The van der Waals surface area contributed by atoms with Crippen LogP contribution in [0.3, 0.4) is 0 Å². The Hall–Kier alpha value is -4.26. The van der Waals surface area contributed by atoms with Gasteiger partial charge >= 0.3 is 0 Å². The first-order valence-electron chi connectivity index (χ1n) is 14.7. The highest BCUT2D eigenvalue weighted by molar-refractivity contribution is 6.20. The number of hydrogen-bond acceptors (Lipinski definition) is 5. The summed E-state index contributed by atoms with van der Waals surface area (Å²) < 4.78 is 5.97. The molecule has 0 aromatic heterocycles. The molecule has 0 saturated carbocycles. The molecule has 2 amide bonds. The van der Waals surface area contributed by atoms with Crippen LogP contribution in [0.25, 0.3) is 0 Å². The van der Waals surface area contributed by atoms with Crippen molar-refractivity contribution in [1.82, 2.24) is 0 Å². The number of anilines is 2. The number of amides is 2. The van der Waals surface area contributed by atoms with Crippen LogP contribution in [0.4, 0.5) is 11.4 Å². The van der Waals surface area contributed by atoms with Gasteiger partial charge in [0.25, 0.3) is 11.8 Å². The summed E-state index contributed by atoms with van der Waals surface area (Å²) in [6.07, 6.45) is 4.46. The first-order chi connectivity index (χ1) is 20.1. The second-order valence-electron chi connectivity index (χ2n) is 10.5. The number of benzene rings is 3. The summed E-state index contributed by atoms with van der Waals surface area (Å²) >= 11 is 0. The summed E-state index contributed by atoms with van der Waals surface area (Å²) in [6.45, 7) is 6.86. The third-order valence-electron chi connectivity index (χ3n) is 7.85. The Morgan fingerprint density at radius 3 is 1.61 bits per heavy atom. The average Bonchev–Trinajstić information content (AvgIpc) is 3.53. The van der Waals surface area contributed by atoms with Gasteiger partial charge in [0.15, 0.2) is 0 Å². The summed E-state index contributed by atoms with van der Waals surface area (Å²) in [5.74, 6) is -1.14. The molecule has 3 aromatic rings. The van der Waals surface area contributed by atoms with Crippen LogP contribution in [0.2, 0.25) is 0 Å². The highest BCUT2D eigenvalue weighted by Gasteiger charge is 2.51. The van der Waals surface area contributed by atoms with Crippen LogP contribution < -0.4 is 14.8 Å². The number of carbonyl (C=O) groups excluding carboxylic acids is 2. The second-order valence-corrected chi connectivity index (χ2v) is 10.5. The van der Waals surface area contributed by atoms with E-state index in [1.165, 1.54) is 10.0 Å². The number of hydrogen-bond donors (Lipinski definition) is 0. The molecule has 0 N–H and O–H groups in total. The molecule has 3 aromatic carbocycles. The van der Waals surface area contributed by atoms with Gasteiger partial charge in [0, 0.05) is 5.92 Å². The van der Waals surface area contributed by atoms with Gasteiger partial charge in [0.1, 0.15) is 5.75 Å². The quantitative estimate of drug-likeness (QED) is 0.224. The summed E-state index contributed by atoms with van der Waals surface area (Å²) in [5.41, 5.74) is 3.87. The van der Waals surface area contributed by atoms with Crippen molar-refractivity contribution in [1.29, 1.82) is 0 Å². The zero-order valence-corrected chi connectivity index (χ0v) is 24.1. The molecule has 0 spiro atoms. The molecule has 7 nitrogen and oxygen atoms in total. The summed E-state index contributed by atoms with van der Waals surface area (Å²) in [6, 6.07) is 26.8. The van der Waals surface area contributed by atoms with Gasteiger partial charge in [0.2, 0.25) is 0 Å². The Morgan fingerprint density at radius 2 is 1.17 bits per heavy atom. The fourth-order valence-electron chi connectivity index (χ4n) is 5.75. The van der Waals surface area contributed by atoms with Crippen LogP contribution in [0.15, 0.2) is 95.1 Å². The summed E-state index contributed by atoms with van der Waals surface area (Å²) in [7, 11) is 0. The number of nitrogens with zero attached hydrogens (tertiary/aromatic N) is 4. The average molecular weight is 551 g/mol. The van der Waals surface area contributed by atoms with E-state index in [0.717, 1.165) is 42.0 Å². The van der Waals surface area contributed by atoms with Crippen molar-refractivity contribution in [3.05, 3.63) is 90.5 Å². The van der Waals surface area contributed by atoms with Crippen molar-refractivity contribution in [2.45, 2.75) is 58.8 Å². The molecule has 0 aliphatic carbocycles. The minimum absolute atomic E-state index is 0.126. The van der Waals surface area contributed by atoms with Crippen LogP contribution in [0, 0.1) is 11.8 Å². The lowest BCUT2D eigenvalue weighted by atomic mass is 9.71. The molecular formula is C34H38N4O3. The lowest BCUT2D eigenvalue weighted by Crippen LogP contribution is -2.40. The van der Waals surface area contributed by atoms with E-state index in [4.69, 9.17) is 14.9 Å². The topological polar surface area (TPSA) is 74.6 Å². The van der Waals surface area contributed by atoms with Gasteiger partial charge in [-0.2, -0.15) is 10.2 Å². The molecule has 212 valence electrons. The predicted octanol–water partition coefficient (Wildman–Crippen LogP) is 7.20. The first-order valence-corrected chi connectivity index (χ1v) is 14.7. The lowest BCUT2D eigenvalue weighted by Gasteiger charge is -2.29. The SMILES string of the molecule is CCCCCOc1ccc(C(C2C(=O)N(c3ccccc3)N=C2CC)C2C(=O)N(c3ccccc3)N=C2CC)cc1. The largest absolute Gasteiger partial charge is 0.494 e. The van der Waals surface area contributed by atoms with Crippen molar-refractivity contribution in [3.63, 3.8) is 0 Å². The molecule has 0 saturated heterocycles. The smallest absolute Gasteiger partial charge is 0.256 e. The molecule has 0 fully saturated rings. The fourth-order valence-corrected chi connectivity index (χ4v) is 5.75. The number of ether oxygens (including phenoxy) is 1. The third-order valence-corrected chi connectivity index (χ3v) is 7.85. The number of para-hydroxylation sites is 2. The van der Waals surface area contributed by atoms with Gasteiger partial charge in [-0.3, -0.25) is 9.59 Å². The van der Waals surface area contributed by atoms with Crippen LogP contribution in [-0.4, -0.2) is 29.8 Å². The standard InChI is InChI=1S/C34H38N4O3/c1-4-7-14-23-41-27-21-19-24(20-22-27)30(31-28(5-2)35-37(33(31)39)25-15-10-8-11-16-25)32-29(6-3)36-38(34(32)40)26-17-12-9-13-18-26/h8-13,15-22,30-32H,4-7,14,23H2,1-3H3. The maximum atomic E-state index is 14.2. The van der Waals surface area contributed by atoms with Gasteiger partial charge in [-0.1, -0.05) is 82.1 Å². The first kappa shape index (κ1) is 28.3. The van der Waals surface area contributed by atoms with Gasteiger partial charge in [-0.05, 0) is 61.2 Å². The second kappa shape index (κ2) is 12.9. The Labute approximate surface area is 242 Å². The van der Waals surface area contributed by atoms with Crippen LogP contribution >= 0.6 is 0 Å². The summed E-state index contributed by atoms with van der Waals surface area (Å²) in [4.78, 5) is 28.4. The van der Waals surface area contributed by atoms with Crippen molar-refractivity contribution in [2.24, 2.45) is 22.0 Å². The van der Waals surface area contributed by atoms with E-state index in [-0.39, 0.29) is 11.8 Å². The third kappa shape index (κ3) is 5.80. The van der Waals surface area contributed by atoms with E-state index in [2.05, 4.69) is 6.92 Å². The lowest BCUT2D eigenvalue weighted by molar-refractivity contribution is -0.122. The Balaban J connectivity index is 1.54. The van der Waals surface area contributed by atoms with Crippen LogP contribution in [-0.2, 0) is 9.59 Å². The van der Waals surface area contributed by atoms with Crippen molar-refractivity contribution in [3.8, 4) is 5.75 Å². The molecule has 2 atom stereocenters. The van der Waals surface area contributed by atoms with Gasteiger partial charge in [-0.15, -0.1) is 0 Å². The fraction of sp³-hybridized carbons (Fsp3) is 0.353. The molecule has 7 heteroatoms. The molecule has 2 unspecified atom stereocenters. The molecular weight excluding hydrogens is 512 g/mol. The normalized spacial score (nSPS) is 19.4. The van der Waals surface area contributed by atoms with Crippen LogP contribution in [0.5, 0.6) is 5.75 Å². The molecule has 5 rings (SSSR count). The van der Waals surface area contributed by atoms with Crippen molar-refractivity contribution in [2.75, 3.05) is 16.6 Å². The molecule has 2 aliphatic heterocycles. The number of rotatable bonds is 12. The Morgan fingerprint density at radius 1 is 0.683 bits per heavy atom. The number of hydrazone groups is 2. The summed E-state index contributed by atoms with van der Waals surface area (Å²) in [5, 5.41) is 12.6. The van der Waals surface area contributed by atoms with E-state index in [0.29, 0.717) is 30.8 Å². The highest BCUT2D eigenvalue weighted by atomic mass is 16.5. The van der Waals surface area contributed by atoms with Crippen molar-refractivity contribution >= 4 is 34.6 Å². The van der Waals surface area contributed by atoms with Crippen LogP contribution in [0.1, 0.15) is 64.4 Å². The molecule has 0 radical (unpaired) electrons. The zero-order chi connectivity index (χ0) is 28.8. The zero-order valence-electron chi connectivity index (χ0n) is 24.1. The minimum Gasteiger partial charge on any atom is -0.494 e. The van der Waals surface area contributed by atoms with E-state index < -0.39 is 17.8 Å². The molecule has 41 heavy (non-hydrogen) atoms. The molecule has 0 bridgehead atoms. The molecule has 2 heterocycles. The van der Waals surface area contributed by atoms with Gasteiger partial charge in [0.05, 0.1) is 41.2 Å². The predicted molar refractivity (Wildman–Crippen MR) is 164 cm³/mol. The van der Waals surface area contributed by atoms with E-state index in [1.807, 2.05) is 98.8 Å². The Kier molecular flexibility index (Phi) is 8.92. The van der Waals surface area contributed by atoms with Gasteiger partial charge < -0.3 is 4.74 Å². The number of unbranched alkanes of at least 4 members (excludes halogenated alkanes) is 2. The number of carbonyl (C=O) groups is 2. The van der Waals surface area contributed by atoms with E-state index in [9.17, 15) is 9.59 Å². The van der Waals surface area contributed by atoms with Crippen molar-refractivity contribution < 1.29 is 14.3 Å². The van der Waals surface area contributed by atoms with E-state index >= 15 is 0 Å². The van der Waals surface area contributed by atoms with Gasteiger partial charge in [-0.25, -0.2) is 10.0 Å². The maximum Gasteiger partial charge on any atom is 0.256 e. The molecule has 2 aliphatic rings. The monoisotopic (exact) mass is 550 g/mol. The minimum atomic E-state index is -0.599. The maximum absolute atomic E-state index is 14.2. The Bertz CT molecular complexity index is 1320. The highest BCUT2D eigenvalue weighted by Crippen LogP contribution is 2.44.